The number of rotatable bonds is 7. The van der Waals surface area contributed by atoms with Gasteiger partial charge in [-0.3, -0.25) is 24.8 Å². The lowest BCUT2D eigenvalue weighted by atomic mass is 10.1. The first-order valence-corrected chi connectivity index (χ1v) is 11.6. The first-order valence-electron chi connectivity index (χ1n) is 10.8. The van der Waals surface area contributed by atoms with Gasteiger partial charge in [-0.2, -0.15) is 0 Å². The summed E-state index contributed by atoms with van der Waals surface area (Å²) in [5.74, 6) is -1.79. The van der Waals surface area contributed by atoms with Gasteiger partial charge in [0, 0.05) is 37.9 Å². The van der Waals surface area contributed by atoms with E-state index in [2.05, 4.69) is 35.5 Å². The Kier molecular flexibility index (Phi) is 9.37. The molecule has 198 valence electrons. The molecule has 0 unspecified atom stereocenters. The summed E-state index contributed by atoms with van der Waals surface area (Å²) < 4.78 is 42.8. The number of hydrogen-bond donors (Lipinski definition) is 2. The number of nitrogens with zero attached hydrogens (tertiary/aromatic N) is 5. The maximum atomic E-state index is 12.9. The van der Waals surface area contributed by atoms with E-state index in [1.807, 2.05) is 11.9 Å². The maximum absolute atomic E-state index is 12.9. The number of carbonyl (C=O) groups excluding carboxylic acids is 2. The lowest BCUT2D eigenvalue weighted by Crippen LogP contribution is -2.47. The van der Waals surface area contributed by atoms with Crippen LogP contribution in [0.1, 0.15) is 10.4 Å². The van der Waals surface area contributed by atoms with Crippen LogP contribution in [0.4, 0.5) is 24.0 Å². The number of benzene rings is 1. The molecular weight excluding hydrogens is 535 g/mol. The smallest absolute Gasteiger partial charge is 0.404 e. The summed E-state index contributed by atoms with van der Waals surface area (Å²) in [4.78, 5) is 33.5. The normalized spacial score (nSPS) is 14.5. The fourth-order valence-corrected chi connectivity index (χ4v) is 4.13. The van der Waals surface area contributed by atoms with E-state index < -0.39 is 23.9 Å². The van der Waals surface area contributed by atoms with Crippen molar-refractivity contribution in [1.82, 2.24) is 25.0 Å². The van der Waals surface area contributed by atoms with Crippen LogP contribution in [0.15, 0.2) is 42.6 Å². The lowest BCUT2D eigenvalue weighted by molar-refractivity contribution is -0.274. The van der Waals surface area contributed by atoms with Gasteiger partial charge in [0.15, 0.2) is 10.8 Å². The first-order chi connectivity index (χ1) is 17.2. The minimum absolute atomic E-state index is 0. The Bertz CT molecular complexity index is 1220. The van der Waals surface area contributed by atoms with E-state index in [9.17, 15) is 22.8 Å². The summed E-state index contributed by atoms with van der Waals surface area (Å²) in [5, 5.41) is 13.6. The predicted molar refractivity (Wildman–Crippen MR) is 134 cm³/mol. The highest BCUT2D eigenvalue weighted by molar-refractivity contribution is 7.18. The van der Waals surface area contributed by atoms with Crippen LogP contribution in [0.3, 0.4) is 0 Å². The van der Waals surface area contributed by atoms with Crippen LogP contribution in [0.5, 0.6) is 5.75 Å². The van der Waals surface area contributed by atoms with Gasteiger partial charge in [0.25, 0.3) is 5.91 Å². The van der Waals surface area contributed by atoms with Crippen LogP contribution >= 0.6 is 23.7 Å². The number of piperazine rings is 1. The average molecular weight is 558 g/mol. The first kappa shape index (κ1) is 28.2. The number of halogens is 4. The van der Waals surface area contributed by atoms with Gasteiger partial charge in [-0.25, -0.2) is 0 Å². The van der Waals surface area contributed by atoms with E-state index in [1.54, 1.807) is 24.4 Å². The molecule has 3 heterocycles. The summed E-state index contributed by atoms with van der Waals surface area (Å²) >= 11 is 1.09. The van der Waals surface area contributed by atoms with Crippen molar-refractivity contribution >= 4 is 46.4 Å². The van der Waals surface area contributed by atoms with Crippen molar-refractivity contribution < 1.29 is 27.5 Å². The van der Waals surface area contributed by atoms with Gasteiger partial charge in [-0.15, -0.1) is 35.8 Å². The molecular formula is C22H23ClF3N7O3S. The number of ether oxygens (including phenoxy) is 1. The van der Waals surface area contributed by atoms with E-state index in [0.717, 1.165) is 42.6 Å². The molecule has 2 aromatic heterocycles. The fraction of sp³-hybridized carbons (Fsp3) is 0.318. The van der Waals surface area contributed by atoms with E-state index in [1.165, 1.54) is 0 Å². The van der Waals surface area contributed by atoms with Crippen molar-refractivity contribution in [1.29, 1.82) is 0 Å². The number of aromatic nitrogens is 3. The van der Waals surface area contributed by atoms with Gasteiger partial charge >= 0.3 is 6.36 Å². The van der Waals surface area contributed by atoms with Crippen LogP contribution in [-0.4, -0.2) is 82.9 Å². The Labute approximate surface area is 220 Å². The minimum atomic E-state index is -4.98. The van der Waals surface area contributed by atoms with Crippen LogP contribution in [-0.2, 0) is 4.79 Å². The molecule has 1 aliphatic rings. The standard InChI is InChI=1S/C22H22F3N7O3S.ClH/c1-31-8-10-32(11-9-31)13-18(33)27-16-12-14(5-6-17(16)35-22(23,24)25)19(34)28-21-30-29-20(36-21)15-4-2-3-7-26-15;/h2-7,12H,8-11,13H2,1H3,(H,27,33)(H,28,30,34);1H. The van der Waals surface area contributed by atoms with E-state index in [-0.39, 0.29) is 35.3 Å². The number of amides is 2. The zero-order chi connectivity index (χ0) is 25.7. The molecule has 0 spiro atoms. The SMILES string of the molecule is CN1CCN(CC(=O)Nc2cc(C(=O)Nc3nnc(-c4ccccn4)s3)ccc2OC(F)(F)F)CC1.Cl. The van der Waals surface area contributed by atoms with Crippen molar-refractivity contribution in [2.75, 3.05) is 50.4 Å². The third kappa shape index (κ3) is 8.08. The van der Waals surface area contributed by atoms with Crippen LogP contribution in [0.2, 0.25) is 0 Å². The highest BCUT2D eigenvalue weighted by Crippen LogP contribution is 2.32. The number of alkyl halides is 3. The maximum Gasteiger partial charge on any atom is 0.573 e. The Hall–Kier alpha value is -3.33. The number of likely N-dealkylation sites (N-methyl/N-ethyl adjacent to an activating group) is 1. The molecule has 0 radical (unpaired) electrons. The van der Waals surface area contributed by atoms with Crippen molar-refractivity contribution in [3.63, 3.8) is 0 Å². The van der Waals surface area contributed by atoms with Gasteiger partial charge in [-0.1, -0.05) is 17.4 Å². The molecule has 4 rings (SSSR count). The Morgan fingerprint density at radius 2 is 1.84 bits per heavy atom. The second kappa shape index (κ2) is 12.3. The summed E-state index contributed by atoms with van der Waals surface area (Å²) in [6, 6.07) is 8.54. The van der Waals surface area contributed by atoms with Crippen LogP contribution < -0.4 is 15.4 Å². The molecule has 15 heteroatoms. The number of pyridine rings is 1. The molecule has 0 bridgehead atoms. The fourth-order valence-electron chi connectivity index (χ4n) is 3.42. The molecule has 0 saturated carbocycles. The Morgan fingerprint density at radius 1 is 1.08 bits per heavy atom. The Balaban J connectivity index is 0.00000380. The van der Waals surface area contributed by atoms with Gasteiger partial charge in [0.2, 0.25) is 11.0 Å². The number of anilines is 2. The van der Waals surface area contributed by atoms with Gasteiger partial charge in [-0.05, 0) is 37.4 Å². The molecule has 0 atom stereocenters. The molecule has 3 aromatic rings. The van der Waals surface area contributed by atoms with Gasteiger partial charge in [0.05, 0.1) is 12.2 Å². The second-order valence-electron chi connectivity index (χ2n) is 7.97. The zero-order valence-electron chi connectivity index (χ0n) is 19.5. The third-order valence-corrected chi connectivity index (χ3v) is 6.10. The molecule has 1 aliphatic heterocycles. The molecule has 0 aliphatic carbocycles. The van der Waals surface area contributed by atoms with E-state index >= 15 is 0 Å². The topological polar surface area (TPSA) is 113 Å². The lowest BCUT2D eigenvalue weighted by Gasteiger charge is -2.31. The quantitative estimate of drug-likeness (QED) is 0.455. The summed E-state index contributed by atoms with van der Waals surface area (Å²) in [5.41, 5.74) is 0.300. The van der Waals surface area contributed by atoms with Crippen LogP contribution in [0, 0.1) is 0 Å². The minimum Gasteiger partial charge on any atom is -0.404 e. The second-order valence-corrected chi connectivity index (χ2v) is 8.95. The molecule has 1 fully saturated rings. The number of nitrogens with one attached hydrogen (secondary N) is 2. The molecule has 2 amide bonds. The summed E-state index contributed by atoms with van der Waals surface area (Å²) in [7, 11) is 1.97. The summed E-state index contributed by atoms with van der Waals surface area (Å²) in [6.07, 6.45) is -3.38. The molecule has 10 nitrogen and oxygen atoms in total. The van der Waals surface area contributed by atoms with Crippen molar-refractivity contribution in [2.24, 2.45) is 0 Å². The van der Waals surface area contributed by atoms with Gasteiger partial charge in [0.1, 0.15) is 5.69 Å². The monoisotopic (exact) mass is 557 g/mol. The van der Waals surface area contributed by atoms with Gasteiger partial charge < -0.3 is 15.0 Å². The number of hydrogen-bond acceptors (Lipinski definition) is 9. The highest BCUT2D eigenvalue weighted by atomic mass is 35.5. The predicted octanol–water partition coefficient (Wildman–Crippen LogP) is 3.36. The van der Waals surface area contributed by atoms with Crippen molar-refractivity contribution in [3.05, 3.63) is 48.2 Å². The highest BCUT2D eigenvalue weighted by Gasteiger charge is 2.33. The molecule has 37 heavy (non-hydrogen) atoms. The number of carbonyl (C=O) groups is 2. The Morgan fingerprint density at radius 3 is 2.51 bits per heavy atom. The van der Waals surface area contributed by atoms with E-state index in [4.69, 9.17) is 0 Å². The zero-order valence-corrected chi connectivity index (χ0v) is 21.1. The van der Waals surface area contributed by atoms with E-state index in [0.29, 0.717) is 23.8 Å². The molecule has 2 N–H and O–H groups in total. The molecule has 1 saturated heterocycles. The van der Waals surface area contributed by atoms with Crippen molar-refractivity contribution in [3.8, 4) is 16.5 Å². The van der Waals surface area contributed by atoms with Crippen LogP contribution in [0.25, 0.3) is 10.7 Å². The molecule has 1 aromatic carbocycles. The van der Waals surface area contributed by atoms with Crippen molar-refractivity contribution in [2.45, 2.75) is 6.36 Å². The average Bonchev–Trinajstić information content (AvgIpc) is 3.30. The third-order valence-electron chi connectivity index (χ3n) is 5.23. The summed E-state index contributed by atoms with van der Waals surface area (Å²) in [6.45, 7) is 2.86. The largest absolute Gasteiger partial charge is 0.573 e.